The molecule has 0 fully saturated rings. The van der Waals surface area contributed by atoms with Gasteiger partial charge in [0.2, 0.25) is 0 Å². The van der Waals surface area contributed by atoms with Gasteiger partial charge in [0, 0.05) is 25.6 Å². The van der Waals surface area contributed by atoms with Gasteiger partial charge in [0.05, 0.1) is 6.61 Å². The Balaban J connectivity index is 2.64. The molecule has 4 N–H and O–H groups in total. The van der Waals surface area contributed by atoms with Gasteiger partial charge in [0.1, 0.15) is 5.84 Å². The standard InChI is InChI=1S/C13H21N3O2/c1-11(9-13(14)15-18)16(7-8-17)10-12-5-3-2-4-6-12/h2-6,11,17-18H,7-10H2,1H3,(H2,14,15). The minimum absolute atomic E-state index is 0.0906. The highest BCUT2D eigenvalue weighted by Gasteiger charge is 2.15. The van der Waals surface area contributed by atoms with Crippen molar-refractivity contribution in [2.24, 2.45) is 10.9 Å². The van der Waals surface area contributed by atoms with Crippen molar-refractivity contribution in [3.05, 3.63) is 35.9 Å². The van der Waals surface area contributed by atoms with E-state index in [0.29, 0.717) is 13.0 Å². The van der Waals surface area contributed by atoms with E-state index in [9.17, 15) is 0 Å². The number of benzene rings is 1. The minimum atomic E-state index is 0.0906. The number of amidine groups is 1. The molecule has 0 amide bonds. The molecule has 0 saturated heterocycles. The zero-order valence-corrected chi connectivity index (χ0v) is 10.7. The van der Waals surface area contributed by atoms with E-state index in [2.05, 4.69) is 10.1 Å². The maximum atomic E-state index is 9.10. The Labute approximate surface area is 108 Å². The topological polar surface area (TPSA) is 82.1 Å². The second-order valence-electron chi connectivity index (χ2n) is 4.32. The zero-order valence-electron chi connectivity index (χ0n) is 10.7. The molecule has 5 nitrogen and oxygen atoms in total. The molecule has 1 atom stereocenters. The van der Waals surface area contributed by atoms with E-state index < -0.39 is 0 Å². The lowest BCUT2D eigenvalue weighted by molar-refractivity contribution is 0.153. The van der Waals surface area contributed by atoms with Gasteiger partial charge in [0.15, 0.2) is 0 Å². The van der Waals surface area contributed by atoms with Crippen molar-refractivity contribution in [3.8, 4) is 0 Å². The van der Waals surface area contributed by atoms with E-state index in [0.717, 1.165) is 6.54 Å². The Morgan fingerprint density at radius 3 is 2.61 bits per heavy atom. The third-order valence-electron chi connectivity index (χ3n) is 2.87. The predicted molar refractivity (Wildman–Crippen MR) is 71.4 cm³/mol. The van der Waals surface area contributed by atoms with Gasteiger partial charge in [-0.1, -0.05) is 35.5 Å². The normalized spacial score (nSPS) is 13.8. The summed E-state index contributed by atoms with van der Waals surface area (Å²) in [5.41, 5.74) is 6.69. The molecule has 0 aliphatic rings. The molecular weight excluding hydrogens is 230 g/mol. The first-order valence-corrected chi connectivity index (χ1v) is 6.02. The molecule has 0 aliphatic heterocycles. The summed E-state index contributed by atoms with van der Waals surface area (Å²) in [7, 11) is 0. The number of hydrogen-bond acceptors (Lipinski definition) is 4. The van der Waals surface area contributed by atoms with Gasteiger partial charge < -0.3 is 16.0 Å². The molecule has 0 spiro atoms. The molecule has 18 heavy (non-hydrogen) atoms. The van der Waals surface area contributed by atoms with Crippen LogP contribution in [0.2, 0.25) is 0 Å². The molecule has 1 rings (SSSR count). The molecule has 5 heteroatoms. The van der Waals surface area contributed by atoms with Gasteiger partial charge >= 0.3 is 0 Å². The first-order chi connectivity index (χ1) is 8.67. The molecule has 0 aliphatic carbocycles. The van der Waals surface area contributed by atoms with Gasteiger partial charge in [-0.05, 0) is 12.5 Å². The summed E-state index contributed by atoms with van der Waals surface area (Å²) in [5, 5.41) is 20.7. The molecule has 1 aromatic carbocycles. The van der Waals surface area contributed by atoms with Crippen LogP contribution >= 0.6 is 0 Å². The highest BCUT2D eigenvalue weighted by atomic mass is 16.4. The van der Waals surface area contributed by atoms with Crippen LogP contribution in [0, 0.1) is 0 Å². The summed E-state index contributed by atoms with van der Waals surface area (Å²) in [6, 6.07) is 10.1. The number of rotatable bonds is 7. The van der Waals surface area contributed by atoms with Crippen LogP contribution in [-0.4, -0.2) is 40.2 Å². The monoisotopic (exact) mass is 251 g/mol. The van der Waals surface area contributed by atoms with Crippen molar-refractivity contribution in [3.63, 3.8) is 0 Å². The molecule has 0 radical (unpaired) electrons. The highest BCUT2D eigenvalue weighted by Crippen LogP contribution is 2.10. The lowest BCUT2D eigenvalue weighted by Gasteiger charge is -2.28. The molecule has 100 valence electrons. The van der Waals surface area contributed by atoms with Crippen molar-refractivity contribution in [2.45, 2.75) is 25.9 Å². The summed E-state index contributed by atoms with van der Waals surface area (Å²) in [6.07, 6.45) is 0.476. The third-order valence-corrected chi connectivity index (χ3v) is 2.87. The first kappa shape index (κ1) is 14.5. The SMILES string of the molecule is CC(CC(N)=NO)N(CCO)Cc1ccccc1. The average molecular weight is 251 g/mol. The number of aliphatic hydroxyl groups excluding tert-OH is 1. The Bertz CT molecular complexity index is 368. The van der Waals surface area contributed by atoms with E-state index in [-0.39, 0.29) is 18.5 Å². The molecule has 0 bridgehead atoms. The zero-order chi connectivity index (χ0) is 13.4. The van der Waals surface area contributed by atoms with Crippen LogP contribution in [-0.2, 0) is 6.54 Å². The second-order valence-corrected chi connectivity index (χ2v) is 4.32. The molecule has 0 heterocycles. The molecule has 1 unspecified atom stereocenters. The van der Waals surface area contributed by atoms with Crippen LogP contribution in [0.1, 0.15) is 18.9 Å². The van der Waals surface area contributed by atoms with E-state index in [1.54, 1.807) is 0 Å². The Hall–Kier alpha value is -1.59. The van der Waals surface area contributed by atoms with Crippen molar-refractivity contribution in [1.29, 1.82) is 0 Å². The second kappa shape index (κ2) is 7.68. The molecule has 0 aromatic heterocycles. The number of hydrogen-bond donors (Lipinski definition) is 3. The maximum absolute atomic E-state index is 9.10. The predicted octanol–water partition coefficient (Wildman–Crippen LogP) is 1.01. The smallest absolute Gasteiger partial charge is 0.140 e. The molecule has 0 saturated carbocycles. The quantitative estimate of drug-likeness (QED) is 0.292. The van der Waals surface area contributed by atoms with Gasteiger partial charge in [-0.25, -0.2) is 0 Å². The van der Waals surface area contributed by atoms with Crippen LogP contribution < -0.4 is 5.73 Å². The first-order valence-electron chi connectivity index (χ1n) is 6.02. The van der Waals surface area contributed by atoms with Gasteiger partial charge in [0.25, 0.3) is 0 Å². The van der Waals surface area contributed by atoms with E-state index in [4.69, 9.17) is 16.0 Å². The number of oxime groups is 1. The van der Waals surface area contributed by atoms with Crippen molar-refractivity contribution in [1.82, 2.24) is 4.90 Å². The van der Waals surface area contributed by atoms with Gasteiger partial charge in [-0.2, -0.15) is 0 Å². The van der Waals surface area contributed by atoms with Crippen molar-refractivity contribution < 1.29 is 10.3 Å². The summed E-state index contributed by atoms with van der Waals surface area (Å²) in [5.74, 6) is 0.207. The summed E-state index contributed by atoms with van der Waals surface area (Å²) < 4.78 is 0. The van der Waals surface area contributed by atoms with E-state index in [1.807, 2.05) is 37.3 Å². The molecule has 1 aromatic rings. The van der Waals surface area contributed by atoms with Crippen LogP contribution in [0.5, 0.6) is 0 Å². The maximum Gasteiger partial charge on any atom is 0.140 e. The van der Waals surface area contributed by atoms with Crippen LogP contribution in [0.25, 0.3) is 0 Å². The van der Waals surface area contributed by atoms with Crippen molar-refractivity contribution in [2.75, 3.05) is 13.2 Å². The fourth-order valence-corrected chi connectivity index (χ4v) is 1.87. The fraction of sp³-hybridized carbons (Fsp3) is 0.462. The van der Waals surface area contributed by atoms with E-state index >= 15 is 0 Å². The van der Waals surface area contributed by atoms with Gasteiger partial charge in [-0.15, -0.1) is 0 Å². The largest absolute Gasteiger partial charge is 0.409 e. The van der Waals surface area contributed by atoms with Crippen LogP contribution in [0.4, 0.5) is 0 Å². The van der Waals surface area contributed by atoms with Gasteiger partial charge in [-0.3, -0.25) is 4.90 Å². The summed E-state index contributed by atoms with van der Waals surface area (Å²) >= 11 is 0. The van der Waals surface area contributed by atoms with Crippen LogP contribution in [0.3, 0.4) is 0 Å². The number of aliphatic hydroxyl groups is 1. The van der Waals surface area contributed by atoms with Crippen molar-refractivity contribution >= 4 is 5.84 Å². The Kier molecular flexibility index (Phi) is 6.18. The third kappa shape index (κ3) is 4.73. The minimum Gasteiger partial charge on any atom is -0.409 e. The Morgan fingerprint density at radius 2 is 2.06 bits per heavy atom. The highest BCUT2D eigenvalue weighted by molar-refractivity contribution is 5.80. The van der Waals surface area contributed by atoms with E-state index in [1.165, 1.54) is 5.56 Å². The average Bonchev–Trinajstić information content (AvgIpc) is 2.39. The Morgan fingerprint density at radius 1 is 1.39 bits per heavy atom. The molecular formula is C13H21N3O2. The van der Waals surface area contributed by atoms with Crippen LogP contribution in [0.15, 0.2) is 35.5 Å². The lowest BCUT2D eigenvalue weighted by atomic mass is 10.1. The number of nitrogens with zero attached hydrogens (tertiary/aromatic N) is 2. The lowest BCUT2D eigenvalue weighted by Crippen LogP contribution is -2.37. The fourth-order valence-electron chi connectivity index (χ4n) is 1.87. The number of nitrogens with two attached hydrogens (primary N) is 1. The summed E-state index contributed by atoms with van der Waals surface area (Å²) in [6.45, 7) is 3.39. The summed E-state index contributed by atoms with van der Waals surface area (Å²) in [4.78, 5) is 2.10.